The number of rotatable bonds is 9. The molecule has 1 amide bonds. The molecule has 0 aliphatic carbocycles. The van der Waals surface area contributed by atoms with Crippen LogP contribution in [-0.2, 0) is 11.3 Å². The van der Waals surface area contributed by atoms with E-state index in [1.165, 1.54) is 0 Å². The molecule has 10 nitrogen and oxygen atoms in total. The number of nitrogens with zero attached hydrogens (tertiary/aromatic N) is 7. The summed E-state index contributed by atoms with van der Waals surface area (Å²) >= 11 is 0. The molecule has 0 bridgehead atoms. The van der Waals surface area contributed by atoms with Crippen LogP contribution in [0.2, 0.25) is 0 Å². The van der Waals surface area contributed by atoms with Crippen LogP contribution in [0.25, 0.3) is 0 Å². The van der Waals surface area contributed by atoms with Crippen molar-refractivity contribution in [3.63, 3.8) is 0 Å². The summed E-state index contributed by atoms with van der Waals surface area (Å²) in [6.45, 7) is 3.79. The molecule has 4 aromatic rings. The van der Waals surface area contributed by atoms with Crippen molar-refractivity contribution in [2.75, 3.05) is 42.6 Å². The van der Waals surface area contributed by atoms with Crippen LogP contribution in [0, 0.1) is 0 Å². The van der Waals surface area contributed by atoms with E-state index in [4.69, 9.17) is 4.74 Å². The lowest BCUT2D eigenvalue weighted by Crippen LogP contribution is -2.47. The molecule has 184 valence electrons. The first-order chi connectivity index (χ1) is 17.7. The van der Waals surface area contributed by atoms with Crippen LogP contribution in [0.4, 0.5) is 11.6 Å². The Hall–Kier alpha value is -4.47. The number of ether oxygens (including phenoxy) is 1. The zero-order chi connectivity index (χ0) is 24.6. The van der Waals surface area contributed by atoms with Gasteiger partial charge in [0.05, 0.1) is 12.4 Å². The summed E-state index contributed by atoms with van der Waals surface area (Å²) < 4.78 is 7.55. The number of pyridine rings is 1. The SMILES string of the molecule is O=C(COc1ccc(N2CCN(c3ccccn3)CC2)nn1)N[C@H](Cn1ccnc1)c1ccccc1. The highest BCUT2D eigenvalue weighted by molar-refractivity contribution is 5.78. The maximum absolute atomic E-state index is 12.7. The van der Waals surface area contributed by atoms with Gasteiger partial charge in [0.15, 0.2) is 12.4 Å². The van der Waals surface area contributed by atoms with Crippen LogP contribution in [-0.4, -0.2) is 63.4 Å². The molecule has 0 saturated carbocycles. The number of carbonyl (C=O) groups excluding carboxylic acids is 1. The Kier molecular flexibility index (Phi) is 7.31. The van der Waals surface area contributed by atoms with E-state index in [0.717, 1.165) is 43.4 Å². The molecule has 1 aliphatic heterocycles. The van der Waals surface area contributed by atoms with Crippen molar-refractivity contribution in [2.24, 2.45) is 0 Å². The second-order valence-electron chi connectivity index (χ2n) is 8.47. The maximum atomic E-state index is 12.7. The lowest BCUT2D eigenvalue weighted by atomic mass is 10.1. The normalized spacial score (nSPS) is 14.3. The second kappa shape index (κ2) is 11.3. The maximum Gasteiger partial charge on any atom is 0.258 e. The molecule has 3 aromatic heterocycles. The van der Waals surface area contributed by atoms with Gasteiger partial charge in [-0.2, -0.15) is 0 Å². The number of amides is 1. The van der Waals surface area contributed by atoms with Crippen molar-refractivity contribution in [1.29, 1.82) is 0 Å². The van der Waals surface area contributed by atoms with Gasteiger partial charge < -0.3 is 24.4 Å². The highest BCUT2D eigenvalue weighted by Gasteiger charge is 2.20. The van der Waals surface area contributed by atoms with Gasteiger partial charge in [-0.05, 0) is 23.8 Å². The van der Waals surface area contributed by atoms with Gasteiger partial charge in [0, 0.05) is 57.4 Å². The lowest BCUT2D eigenvalue weighted by molar-refractivity contribution is -0.124. The van der Waals surface area contributed by atoms with Crippen LogP contribution in [0.3, 0.4) is 0 Å². The Balaban J connectivity index is 1.12. The fourth-order valence-corrected chi connectivity index (χ4v) is 4.16. The lowest BCUT2D eigenvalue weighted by Gasteiger charge is -2.35. The number of hydrogen-bond acceptors (Lipinski definition) is 8. The number of anilines is 2. The number of imidazole rings is 1. The highest BCUT2D eigenvalue weighted by Crippen LogP contribution is 2.19. The van der Waals surface area contributed by atoms with Gasteiger partial charge in [-0.1, -0.05) is 36.4 Å². The number of aromatic nitrogens is 5. The quantitative estimate of drug-likeness (QED) is 0.386. The van der Waals surface area contributed by atoms with E-state index < -0.39 is 0 Å². The highest BCUT2D eigenvalue weighted by atomic mass is 16.5. The molecule has 5 rings (SSSR count). The number of nitrogens with one attached hydrogen (secondary N) is 1. The molecule has 1 fully saturated rings. The predicted molar refractivity (Wildman–Crippen MR) is 136 cm³/mol. The summed E-state index contributed by atoms with van der Waals surface area (Å²) in [4.78, 5) is 25.6. The van der Waals surface area contributed by atoms with Gasteiger partial charge in [0.2, 0.25) is 5.88 Å². The van der Waals surface area contributed by atoms with E-state index in [0.29, 0.717) is 12.4 Å². The zero-order valence-electron chi connectivity index (χ0n) is 19.8. The second-order valence-corrected chi connectivity index (χ2v) is 8.47. The van der Waals surface area contributed by atoms with Crippen LogP contribution >= 0.6 is 0 Å². The van der Waals surface area contributed by atoms with Crippen molar-refractivity contribution in [1.82, 2.24) is 30.0 Å². The monoisotopic (exact) mass is 484 g/mol. The van der Waals surface area contributed by atoms with Crippen molar-refractivity contribution in [2.45, 2.75) is 12.6 Å². The van der Waals surface area contributed by atoms with Crippen molar-refractivity contribution in [3.8, 4) is 5.88 Å². The molecule has 1 atom stereocenters. The minimum Gasteiger partial charge on any atom is -0.466 e. The number of piperazine rings is 1. The Morgan fingerprint density at radius 1 is 0.889 bits per heavy atom. The first kappa shape index (κ1) is 23.3. The van der Waals surface area contributed by atoms with Crippen molar-refractivity contribution >= 4 is 17.5 Å². The number of carbonyl (C=O) groups is 1. The largest absolute Gasteiger partial charge is 0.466 e. The van der Waals surface area contributed by atoms with Gasteiger partial charge in [0.25, 0.3) is 5.91 Å². The molecule has 1 saturated heterocycles. The van der Waals surface area contributed by atoms with E-state index in [2.05, 4.69) is 35.3 Å². The number of benzene rings is 1. The number of hydrogen-bond donors (Lipinski definition) is 1. The van der Waals surface area contributed by atoms with Crippen LogP contribution in [0.5, 0.6) is 5.88 Å². The van der Waals surface area contributed by atoms with E-state index in [1.807, 2.05) is 71.6 Å². The average Bonchev–Trinajstić information content (AvgIpc) is 3.46. The molecular formula is C26H28N8O2. The molecule has 10 heteroatoms. The fraction of sp³-hybridized carbons (Fsp3) is 0.269. The first-order valence-corrected chi connectivity index (χ1v) is 11.9. The summed E-state index contributed by atoms with van der Waals surface area (Å²) in [5.41, 5.74) is 1.01. The van der Waals surface area contributed by atoms with Gasteiger partial charge >= 0.3 is 0 Å². The summed E-state index contributed by atoms with van der Waals surface area (Å²) in [5.74, 6) is 1.86. The summed E-state index contributed by atoms with van der Waals surface area (Å²) in [5, 5.41) is 11.5. The van der Waals surface area contributed by atoms with Gasteiger partial charge in [-0.3, -0.25) is 4.79 Å². The topological polar surface area (TPSA) is 101 Å². The van der Waals surface area contributed by atoms with Gasteiger partial charge in [0.1, 0.15) is 5.82 Å². The van der Waals surface area contributed by atoms with E-state index in [9.17, 15) is 4.79 Å². The van der Waals surface area contributed by atoms with Crippen molar-refractivity contribution < 1.29 is 9.53 Å². The average molecular weight is 485 g/mol. The van der Waals surface area contributed by atoms with Crippen LogP contribution < -0.4 is 19.9 Å². The van der Waals surface area contributed by atoms with Gasteiger partial charge in [-0.25, -0.2) is 9.97 Å². The molecule has 36 heavy (non-hydrogen) atoms. The predicted octanol–water partition coefficient (Wildman–Crippen LogP) is 2.33. The van der Waals surface area contributed by atoms with Gasteiger partial charge in [-0.15, -0.1) is 10.2 Å². The minimum absolute atomic E-state index is 0.149. The Labute approximate surface area is 209 Å². The van der Waals surface area contributed by atoms with Crippen LogP contribution in [0.1, 0.15) is 11.6 Å². The molecule has 1 N–H and O–H groups in total. The molecule has 1 aliphatic rings. The van der Waals surface area contributed by atoms with E-state index >= 15 is 0 Å². The first-order valence-electron chi connectivity index (χ1n) is 11.9. The summed E-state index contributed by atoms with van der Waals surface area (Å²) in [7, 11) is 0. The van der Waals surface area contributed by atoms with E-state index in [1.54, 1.807) is 18.6 Å². The zero-order valence-corrected chi connectivity index (χ0v) is 19.8. The van der Waals surface area contributed by atoms with Crippen LogP contribution in [0.15, 0.2) is 85.6 Å². The standard InChI is InChI=1S/C26H28N8O2/c35-25(29-22(18-32-13-12-27-20-32)21-6-2-1-3-7-21)19-36-26-10-9-24(30-31-26)34-16-14-33(15-17-34)23-8-4-5-11-28-23/h1-13,20,22H,14-19H2,(H,29,35)/t22-/m1/s1. The molecule has 0 unspecified atom stereocenters. The molecule has 0 radical (unpaired) electrons. The fourth-order valence-electron chi connectivity index (χ4n) is 4.16. The third-order valence-electron chi connectivity index (χ3n) is 6.04. The molecule has 0 spiro atoms. The third-order valence-corrected chi connectivity index (χ3v) is 6.04. The van der Waals surface area contributed by atoms with E-state index in [-0.39, 0.29) is 18.6 Å². The molecular weight excluding hydrogens is 456 g/mol. The molecule has 4 heterocycles. The summed E-state index contributed by atoms with van der Waals surface area (Å²) in [6.07, 6.45) is 7.13. The van der Waals surface area contributed by atoms with Crippen molar-refractivity contribution in [3.05, 3.63) is 91.1 Å². The summed E-state index contributed by atoms with van der Waals surface area (Å²) in [6, 6.07) is 19.2. The Bertz CT molecular complexity index is 1210. The third kappa shape index (κ3) is 5.96. The Morgan fingerprint density at radius 2 is 1.67 bits per heavy atom. The minimum atomic E-state index is -0.236. The molecule has 1 aromatic carbocycles. The smallest absolute Gasteiger partial charge is 0.258 e. The Morgan fingerprint density at radius 3 is 2.33 bits per heavy atom.